The molecular weight excluding hydrogens is 509 g/mol. The van der Waals surface area contributed by atoms with Gasteiger partial charge in [0.2, 0.25) is 0 Å². The molecule has 0 unspecified atom stereocenters. The Hall–Kier alpha value is -1.55. The molecule has 200 valence electrons. The molecule has 0 aliphatic carbocycles. The zero-order chi connectivity index (χ0) is 26.7. The third-order valence-electron chi connectivity index (χ3n) is 7.36. The number of aliphatic hydroxyl groups excluding tert-OH is 1. The molecule has 2 aliphatic heterocycles. The fraction of sp³-hybridized carbons (Fsp3) is 0.654. The van der Waals surface area contributed by atoms with Crippen LogP contribution in [0.2, 0.25) is 0 Å². The monoisotopic (exact) mass is 543 g/mol. The lowest BCUT2D eigenvalue weighted by Gasteiger charge is -2.41. The van der Waals surface area contributed by atoms with Gasteiger partial charge in [-0.1, -0.05) is 57.0 Å². The van der Waals surface area contributed by atoms with Gasteiger partial charge in [-0.2, -0.15) is 0 Å². The molecule has 2 saturated heterocycles. The Labute approximate surface area is 221 Å². The summed E-state index contributed by atoms with van der Waals surface area (Å²) < 4.78 is 17.1. The van der Waals surface area contributed by atoms with Gasteiger partial charge in [0.1, 0.15) is 18.0 Å². The first-order valence-corrected chi connectivity index (χ1v) is 12.9. The van der Waals surface area contributed by atoms with Crippen LogP contribution >= 0.6 is 23.2 Å². The number of esters is 1. The third-order valence-corrected chi connectivity index (χ3v) is 8.15. The van der Waals surface area contributed by atoms with Gasteiger partial charge in [0, 0.05) is 25.0 Å². The smallest absolute Gasteiger partial charge is 0.309 e. The molecule has 3 rings (SSSR count). The lowest BCUT2D eigenvalue weighted by molar-refractivity contribution is -0.165. The lowest BCUT2D eigenvalue weighted by Crippen LogP contribution is -2.52. The molecule has 3 heterocycles. The molecule has 0 amide bonds. The van der Waals surface area contributed by atoms with E-state index in [0.717, 1.165) is 0 Å². The van der Waals surface area contributed by atoms with Crippen LogP contribution in [0.15, 0.2) is 29.4 Å². The van der Waals surface area contributed by atoms with Crippen molar-refractivity contribution < 1.29 is 34.0 Å². The van der Waals surface area contributed by atoms with E-state index in [9.17, 15) is 19.8 Å². The molecule has 2 fully saturated rings. The highest BCUT2D eigenvalue weighted by molar-refractivity contribution is 6.32. The second-order valence-corrected chi connectivity index (χ2v) is 11.3. The number of epoxide rings is 1. The molecule has 0 saturated carbocycles. The maximum atomic E-state index is 13.2. The Morgan fingerprint density at radius 3 is 2.67 bits per heavy atom. The van der Waals surface area contributed by atoms with Gasteiger partial charge in [0.15, 0.2) is 5.06 Å². The summed E-state index contributed by atoms with van der Waals surface area (Å²) in [6.07, 6.45) is 0.458. The maximum absolute atomic E-state index is 13.2. The van der Waals surface area contributed by atoms with Crippen molar-refractivity contribution in [3.63, 3.8) is 0 Å². The van der Waals surface area contributed by atoms with Crippen molar-refractivity contribution in [2.24, 2.45) is 11.3 Å². The van der Waals surface area contributed by atoms with Crippen LogP contribution in [0.25, 0.3) is 6.08 Å². The minimum absolute atomic E-state index is 0.0492. The van der Waals surface area contributed by atoms with Gasteiger partial charge in [0.05, 0.1) is 47.5 Å². The number of carbonyl (C=O) groups excluding carboxylic acids is 2. The number of nitrogens with zero attached hydrogens (tertiary/aromatic N) is 1. The number of alkyl halides is 1. The average molecular weight is 544 g/mol. The van der Waals surface area contributed by atoms with Crippen molar-refractivity contribution in [1.29, 1.82) is 0 Å². The number of cyclic esters (lactones) is 1. The van der Waals surface area contributed by atoms with Crippen molar-refractivity contribution in [3.8, 4) is 0 Å². The lowest BCUT2D eigenvalue weighted by atomic mass is 9.67. The summed E-state index contributed by atoms with van der Waals surface area (Å²) >= 11 is 13.1. The van der Waals surface area contributed by atoms with E-state index in [-0.39, 0.29) is 49.2 Å². The zero-order valence-electron chi connectivity index (χ0n) is 21.1. The highest BCUT2D eigenvalue weighted by atomic mass is 35.5. The Balaban J connectivity index is 1.90. The summed E-state index contributed by atoms with van der Waals surface area (Å²) in [6, 6.07) is 5.33. The number of ketones is 1. The summed E-state index contributed by atoms with van der Waals surface area (Å²) in [7, 11) is 0. The zero-order valence-corrected chi connectivity index (χ0v) is 22.6. The van der Waals surface area contributed by atoms with E-state index in [1.54, 1.807) is 58.2 Å². The Kier molecular flexibility index (Phi) is 9.23. The van der Waals surface area contributed by atoms with Gasteiger partial charge in [-0.05, 0) is 24.6 Å². The van der Waals surface area contributed by atoms with E-state index in [1.807, 2.05) is 0 Å². The minimum Gasteiger partial charge on any atom is -0.456 e. The molecule has 1 aromatic rings. The van der Waals surface area contributed by atoms with Crippen LogP contribution in [0.5, 0.6) is 0 Å². The fourth-order valence-electron chi connectivity index (χ4n) is 4.29. The molecule has 2 N–H and O–H groups in total. The van der Waals surface area contributed by atoms with Crippen LogP contribution < -0.4 is 0 Å². The molecule has 10 heteroatoms. The Morgan fingerprint density at radius 1 is 1.31 bits per heavy atom. The predicted molar refractivity (Wildman–Crippen MR) is 135 cm³/mol. The van der Waals surface area contributed by atoms with Crippen molar-refractivity contribution in [3.05, 3.63) is 35.1 Å². The molecule has 8 nitrogen and oxygen atoms in total. The second-order valence-electron chi connectivity index (χ2n) is 10.3. The number of hydrogen-bond donors (Lipinski definition) is 2. The Bertz CT molecular complexity index is 972. The predicted octanol–water partition coefficient (Wildman–Crippen LogP) is 3.84. The third kappa shape index (κ3) is 6.65. The first-order valence-electron chi connectivity index (χ1n) is 12.2. The molecule has 36 heavy (non-hydrogen) atoms. The van der Waals surface area contributed by atoms with E-state index in [4.69, 9.17) is 37.4 Å². The number of pyridine rings is 1. The molecule has 2 aliphatic rings. The minimum atomic E-state index is -1.70. The molecular formula is C26H35Cl2NO7. The molecule has 0 radical (unpaired) electrons. The summed E-state index contributed by atoms with van der Waals surface area (Å²) in [5, 5.41) is 21.1. The number of Topliss-reactive ketones (excluding diaryl/α,β-unsaturated/α-hetero) is 1. The summed E-state index contributed by atoms with van der Waals surface area (Å²) in [6.45, 7) is 6.83. The van der Waals surface area contributed by atoms with Gasteiger partial charge in [-0.25, -0.2) is 0 Å². The summed E-state index contributed by atoms with van der Waals surface area (Å²) in [4.78, 5) is 30.5. The van der Waals surface area contributed by atoms with E-state index in [0.29, 0.717) is 5.69 Å². The number of halogens is 2. The summed E-state index contributed by atoms with van der Waals surface area (Å²) in [5.74, 6) is -1.45. The van der Waals surface area contributed by atoms with Crippen LogP contribution in [0.4, 0.5) is 0 Å². The van der Waals surface area contributed by atoms with Gasteiger partial charge in [-0.3, -0.25) is 14.6 Å². The first-order chi connectivity index (χ1) is 16.8. The number of aromatic nitrogens is 1. The largest absolute Gasteiger partial charge is 0.456 e. The van der Waals surface area contributed by atoms with Gasteiger partial charge < -0.3 is 24.4 Å². The second kappa shape index (κ2) is 11.5. The SMILES string of the molecule is CC[C@]1(O)CC(=O)O[C@H](C(Cl)=Cc2ccccn2)C[C@@H]2O[C@]2(Cl)COC[C@H](C)[C@@H](O)CC(=O)C1(C)C. The highest BCUT2D eigenvalue weighted by Gasteiger charge is 2.57. The van der Waals surface area contributed by atoms with E-state index >= 15 is 0 Å². The number of hydrogen-bond acceptors (Lipinski definition) is 8. The standard InChI is InChI=1S/C26H35Cl2NO7/c1-5-25(33)13-23(32)35-20(18(27)10-17-8-6-7-9-29-17)12-22-26(28,36-22)15-34-14-16(2)19(30)11-21(31)24(25,3)4/h6-10,16,19-20,22,30,33H,5,11-15H2,1-4H3/t16-,19-,20-,22-,25-,26+/m0/s1. The molecule has 0 bridgehead atoms. The van der Waals surface area contributed by atoms with Crippen molar-refractivity contribution in [2.75, 3.05) is 13.2 Å². The Morgan fingerprint density at radius 2 is 2.03 bits per heavy atom. The van der Waals surface area contributed by atoms with Crippen LogP contribution in [0.1, 0.15) is 59.1 Å². The highest BCUT2D eigenvalue weighted by Crippen LogP contribution is 2.46. The molecule has 0 aromatic carbocycles. The number of carbonyl (C=O) groups is 2. The van der Waals surface area contributed by atoms with Gasteiger partial charge >= 0.3 is 5.97 Å². The maximum Gasteiger partial charge on any atom is 0.309 e. The van der Waals surface area contributed by atoms with Gasteiger partial charge in [-0.15, -0.1) is 0 Å². The number of aliphatic hydroxyl groups is 2. The van der Waals surface area contributed by atoms with E-state index in [2.05, 4.69) is 4.98 Å². The number of fused-ring (bicyclic) bond motifs is 1. The van der Waals surface area contributed by atoms with Gasteiger partial charge in [0.25, 0.3) is 0 Å². The average Bonchev–Trinajstić information content (AvgIpc) is 3.46. The topological polar surface area (TPSA) is 118 Å². The quantitative estimate of drug-likeness (QED) is 0.335. The van der Waals surface area contributed by atoms with Crippen LogP contribution in [-0.2, 0) is 23.8 Å². The summed E-state index contributed by atoms with van der Waals surface area (Å²) in [5.41, 5.74) is -2.45. The first kappa shape index (κ1) is 29.0. The number of ether oxygens (including phenoxy) is 3. The normalized spacial score (nSPS) is 36.6. The van der Waals surface area contributed by atoms with E-state index < -0.39 is 46.8 Å². The van der Waals surface area contributed by atoms with Crippen molar-refractivity contribution >= 4 is 41.0 Å². The number of rotatable bonds is 3. The fourth-order valence-corrected chi connectivity index (χ4v) is 4.81. The molecule has 1 aromatic heterocycles. The molecule has 0 spiro atoms. The van der Waals surface area contributed by atoms with Crippen LogP contribution in [0, 0.1) is 11.3 Å². The van der Waals surface area contributed by atoms with E-state index in [1.165, 1.54) is 0 Å². The van der Waals surface area contributed by atoms with Crippen molar-refractivity contribution in [2.45, 2.75) is 82.4 Å². The van der Waals surface area contributed by atoms with Crippen LogP contribution in [0.3, 0.4) is 0 Å². The molecule has 6 atom stereocenters. The van der Waals surface area contributed by atoms with Crippen LogP contribution in [-0.4, -0.2) is 69.1 Å². The van der Waals surface area contributed by atoms with Crippen molar-refractivity contribution in [1.82, 2.24) is 4.98 Å².